The van der Waals surface area contributed by atoms with Gasteiger partial charge in [-0.05, 0) is 6.42 Å². The van der Waals surface area contributed by atoms with Gasteiger partial charge in [0.25, 0.3) is 5.56 Å². The fourth-order valence-electron chi connectivity index (χ4n) is 2.28. The van der Waals surface area contributed by atoms with E-state index in [0.717, 1.165) is 0 Å². The molecule has 1 aromatic rings. The van der Waals surface area contributed by atoms with Gasteiger partial charge in [0.05, 0.1) is 5.56 Å². The molecule has 5 nitrogen and oxygen atoms in total. The highest BCUT2D eigenvalue weighted by atomic mass is 35.5. The third kappa shape index (κ3) is 4.19. The Balaban J connectivity index is 2.47. The molecule has 0 bridgehead atoms. The van der Waals surface area contributed by atoms with Crippen LogP contribution in [0.5, 0.6) is 0 Å². The molecule has 0 aromatic carbocycles. The van der Waals surface area contributed by atoms with Gasteiger partial charge < -0.3 is 0 Å². The highest BCUT2D eigenvalue weighted by molar-refractivity contribution is 6.66. The second kappa shape index (κ2) is 6.26. The average molecular weight is 378 g/mol. The number of hydrogen-bond donors (Lipinski definition) is 0. The van der Waals surface area contributed by atoms with E-state index >= 15 is 0 Å². The first-order valence-electron chi connectivity index (χ1n) is 6.62. The zero-order valence-corrected chi connectivity index (χ0v) is 12.6. The van der Waals surface area contributed by atoms with Crippen LogP contribution in [-0.2, 0) is 19.5 Å². The highest BCUT2D eigenvalue weighted by Gasteiger charge is 2.34. The van der Waals surface area contributed by atoms with Gasteiger partial charge in [0.1, 0.15) is 17.5 Å². The van der Waals surface area contributed by atoms with Crippen LogP contribution in [0.2, 0.25) is 0 Å². The standard InChI is InChI=1S/C12H10ClF6N3O2/c13-7-4-6-8(20-7)22(5-12(17,18)19)10(24)21(9(6)23)3-1-2-11(14,15)16/h1-5H2. The molecule has 1 aliphatic rings. The maximum atomic E-state index is 12.7. The van der Waals surface area contributed by atoms with Crippen molar-refractivity contribution in [1.29, 1.82) is 0 Å². The second-order valence-corrected chi connectivity index (χ2v) is 5.56. The van der Waals surface area contributed by atoms with Gasteiger partial charge in [-0.3, -0.25) is 13.9 Å². The summed E-state index contributed by atoms with van der Waals surface area (Å²) in [7, 11) is 0. The minimum atomic E-state index is -4.78. The summed E-state index contributed by atoms with van der Waals surface area (Å²) in [5.41, 5.74) is -2.58. The molecule has 1 aliphatic heterocycles. The largest absolute Gasteiger partial charge is 0.406 e. The van der Waals surface area contributed by atoms with Gasteiger partial charge in [-0.25, -0.2) is 9.79 Å². The van der Waals surface area contributed by atoms with Crippen LogP contribution in [0.1, 0.15) is 18.4 Å². The Morgan fingerprint density at radius 3 is 2.21 bits per heavy atom. The summed E-state index contributed by atoms with van der Waals surface area (Å²) in [5, 5.41) is -0.175. The molecule has 134 valence electrons. The van der Waals surface area contributed by atoms with Crippen molar-refractivity contribution in [2.24, 2.45) is 4.99 Å². The molecule has 1 aromatic heterocycles. The fourth-order valence-corrected chi connectivity index (χ4v) is 2.50. The van der Waals surface area contributed by atoms with E-state index in [1.807, 2.05) is 0 Å². The summed E-state index contributed by atoms with van der Waals surface area (Å²) in [6.07, 6.45) is -11.4. The first-order chi connectivity index (χ1) is 10.9. The first kappa shape index (κ1) is 18.6. The van der Waals surface area contributed by atoms with E-state index in [1.165, 1.54) is 0 Å². The van der Waals surface area contributed by atoms with Crippen LogP contribution in [0.4, 0.5) is 32.2 Å². The average Bonchev–Trinajstić information content (AvgIpc) is 2.78. The number of aliphatic imine (C=N–C) groups is 1. The van der Waals surface area contributed by atoms with Crippen LogP contribution in [0.15, 0.2) is 14.6 Å². The summed E-state index contributed by atoms with van der Waals surface area (Å²) in [6, 6.07) is 0. The molecular formula is C12H10ClF6N3O2. The van der Waals surface area contributed by atoms with E-state index in [1.54, 1.807) is 0 Å². The molecule has 0 saturated heterocycles. The summed E-state index contributed by atoms with van der Waals surface area (Å²) in [6.45, 7) is -2.37. The lowest BCUT2D eigenvalue weighted by Gasteiger charge is -2.15. The maximum absolute atomic E-state index is 12.7. The van der Waals surface area contributed by atoms with Crippen molar-refractivity contribution < 1.29 is 26.3 Å². The Labute approximate surface area is 135 Å². The summed E-state index contributed by atoms with van der Waals surface area (Å²) in [4.78, 5) is 27.8. The topological polar surface area (TPSA) is 56.4 Å². The monoisotopic (exact) mass is 377 g/mol. The third-order valence-corrected chi connectivity index (χ3v) is 3.44. The molecule has 0 fully saturated rings. The predicted molar refractivity (Wildman–Crippen MR) is 73.0 cm³/mol. The molecule has 12 heteroatoms. The molecule has 0 atom stereocenters. The smallest absolute Gasteiger partial charge is 0.269 e. The van der Waals surface area contributed by atoms with Gasteiger partial charge in [-0.1, -0.05) is 11.6 Å². The third-order valence-electron chi connectivity index (χ3n) is 3.22. The fraction of sp³-hybridized carbons (Fsp3) is 0.583. The molecule has 0 unspecified atom stereocenters. The zero-order valence-electron chi connectivity index (χ0n) is 11.8. The predicted octanol–water partition coefficient (Wildman–Crippen LogP) is 2.74. The van der Waals surface area contributed by atoms with E-state index in [2.05, 4.69) is 4.99 Å². The van der Waals surface area contributed by atoms with E-state index < -0.39 is 55.4 Å². The van der Waals surface area contributed by atoms with Crippen molar-refractivity contribution in [3.8, 4) is 0 Å². The zero-order chi connectivity index (χ0) is 18.3. The Bertz CT molecular complexity index is 790. The normalized spacial score (nSPS) is 14.7. The van der Waals surface area contributed by atoms with Gasteiger partial charge in [-0.15, -0.1) is 0 Å². The number of hydrogen-bond acceptors (Lipinski definition) is 3. The Morgan fingerprint density at radius 2 is 1.67 bits per heavy atom. The molecule has 0 spiro atoms. The Hall–Kier alpha value is -1.78. The van der Waals surface area contributed by atoms with Gasteiger partial charge in [-0.2, -0.15) is 26.3 Å². The number of fused-ring (bicyclic) bond motifs is 1. The Kier molecular flexibility index (Phi) is 4.84. The lowest BCUT2D eigenvalue weighted by Crippen LogP contribution is -2.43. The van der Waals surface area contributed by atoms with Crippen LogP contribution < -0.4 is 11.2 Å². The van der Waals surface area contributed by atoms with Crippen LogP contribution in [0.25, 0.3) is 0 Å². The van der Waals surface area contributed by atoms with Gasteiger partial charge in [0.2, 0.25) is 0 Å². The van der Waals surface area contributed by atoms with Crippen LogP contribution in [-0.4, -0.2) is 26.7 Å². The SMILES string of the molecule is O=c1c2c(n(CC(F)(F)F)c(=O)n1CCCC(F)(F)F)N=C(Cl)C2. The maximum Gasteiger partial charge on any atom is 0.406 e. The van der Waals surface area contributed by atoms with Crippen molar-refractivity contribution >= 4 is 22.6 Å². The minimum Gasteiger partial charge on any atom is -0.269 e. The van der Waals surface area contributed by atoms with E-state index in [4.69, 9.17) is 11.6 Å². The number of aromatic nitrogens is 2. The van der Waals surface area contributed by atoms with Crippen molar-refractivity contribution in [3.63, 3.8) is 0 Å². The summed E-state index contributed by atoms with van der Waals surface area (Å²) >= 11 is 5.62. The van der Waals surface area contributed by atoms with Crippen LogP contribution in [0.3, 0.4) is 0 Å². The lowest BCUT2D eigenvalue weighted by atomic mass is 10.2. The molecule has 2 rings (SSSR count). The lowest BCUT2D eigenvalue weighted by molar-refractivity contribution is -0.141. The van der Waals surface area contributed by atoms with Crippen molar-refractivity contribution in [1.82, 2.24) is 9.13 Å². The van der Waals surface area contributed by atoms with Crippen molar-refractivity contribution in [2.75, 3.05) is 0 Å². The van der Waals surface area contributed by atoms with E-state index in [9.17, 15) is 35.9 Å². The molecular weight excluding hydrogens is 368 g/mol. The van der Waals surface area contributed by atoms with E-state index in [-0.39, 0.29) is 21.7 Å². The highest BCUT2D eigenvalue weighted by Crippen LogP contribution is 2.27. The molecule has 0 radical (unpaired) electrons. The second-order valence-electron chi connectivity index (χ2n) is 5.13. The Morgan fingerprint density at radius 1 is 1.04 bits per heavy atom. The molecule has 0 amide bonds. The molecule has 0 N–H and O–H groups in total. The van der Waals surface area contributed by atoms with Gasteiger partial charge in [0.15, 0.2) is 0 Å². The number of alkyl halides is 6. The summed E-state index contributed by atoms with van der Waals surface area (Å²) < 4.78 is 75.1. The number of nitrogens with zero attached hydrogens (tertiary/aromatic N) is 3. The van der Waals surface area contributed by atoms with Gasteiger partial charge in [0, 0.05) is 19.4 Å². The summed E-state index contributed by atoms with van der Waals surface area (Å²) in [5.74, 6) is -0.501. The molecule has 2 heterocycles. The van der Waals surface area contributed by atoms with Crippen molar-refractivity contribution in [2.45, 2.75) is 44.7 Å². The van der Waals surface area contributed by atoms with Crippen LogP contribution in [0, 0.1) is 0 Å². The van der Waals surface area contributed by atoms with Crippen molar-refractivity contribution in [3.05, 3.63) is 26.4 Å². The quantitative estimate of drug-likeness (QED) is 0.758. The molecule has 24 heavy (non-hydrogen) atoms. The number of halogens is 7. The molecule has 0 aliphatic carbocycles. The first-order valence-corrected chi connectivity index (χ1v) is 7.00. The molecule has 0 saturated carbocycles. The van der Waals surface area contributed by atoms with E-state index in [0.29, 0.717) is 4.57 Å². The van der Waals surface area contributed by atoms with Crippen LogP contribution >= 0.6 is 11.6 Å². The van der Waals surface area contributed by atoms with Gasteiger partial charge >= 0.3 is 18.0 Å². The minimum absolute atomic E-state index is 0.175. The number of rotatable bonds is 4.